The van der Waals surface area contributed by atoms with E-state index < -0.39 is 10.8 Å². The summed E-state index contributed by atoms with van der Waals surface area (Å²) in [4.78, 5) is 14.5. The number of nitrogens with zero attached hydrogens (tertiary/aromatic N) is 6. The molecule has 0 saturated carbocycles. The number of aromatic nitrogens is 6. The van der Waals surface area contributed by atoms with Crippen molar-refractivity contribution in [2.24, 2.45) is 0 Å². The van der Waals surface area contributed by atoms with Crippen molar-refractivity contribution in [1.29, 1.82) is 0 Å². The van der Waals surface area contributed by atoms with E-state index in [2.05, 4.69) is 485 Å². The summed E-state index contributed by atoms with van der Waals surface area (Å²) < 4.78 is 26.0. The van der Waals surface area contributed by atoms with Gasteiger partial charge in [-0.1, -0.05) is 346 Å². The van der Waals surface area contributed by atoms with Crippen molar-refractivity contribution in [3.63, 3.8) is 0 Å². The van der Waals surface area contributed by atoms with Crippen LogP contribution in [0.15, 0.2) is 523 Å². The summed E-state index contributed by atoms with van der Waals surface area (Å²) in [6.45, 7) is 0. The van der Waals surface area contributed by atoms with Crippen LogP contribution in [0.3, 0.4) is 0 Å². The minimum Gasteiger partial charge on any atom is -0.454 e. The lowest BCUT2D eigenvalue weighted by Gasteiger charge is -2.34. The van der Waals surface area contributed by atoms with Crippen LogP contribution in [0.1, 0.15) is 44.5 Å². The van der Waals surface area contributed by atoms with Gasteiger partial charge in [0.05, 0.1) is 49.6 Å². The third-order valence-electron chi connectivity index (χ3n) is 31.0. The highest BCUT2D eigenvalue weighted by molar-refractivity contribution is 6.15. The molecule has 20 aromatic carbocycles. The fourth-order valence-corrected chi connectivity index (χ4v) is 24.7. The number of fused-ring (bicyclic) bond motifs is 31. The SMILES string of the molecule is c1ccc(-c2cc(-c3ccccc3)c3oc4ccc(-c5cccc(-n6c7ccccc7c7ccccc76)c5)cc4c3n2)cc1.c1ccc(C2(c3ccccc3)c3cc(-c4ccc5oc6cccnc6c5c4)ccc3-c3ccc(-n4c5ccccc5c5ccccc54)cc32)cc1.c1ccc2c(c1)-c1ccccc1C21c2cc(-c3ccc4oc5cccnc5c4c3)ccc2-c2ccc(-n3c4ccccc4c4ccccc43)cc21. The number of benzene rings is 20. The molecule has 1 spiro atoms. The summed E-state index contributed by atoms with van der Waals surface area (Å²) in [5, 5.41) is 10.6. The maximum absolute atomic E-state index is 6.53. The van der Waals surface area contributed by atoms with Crippen LogP contribution in [0.5, 0.6) is 0 Å². The van der Waals surface area contributed by atoms with Gasteiger partial charge in [0, 0.05) is 89.1 Å². The third kappa shape index (κ3) is 12.4. The van der Waals surface area contributed by atoms with Gasteiger partial charge in [-0.2, -0.15) is 0 Å². The van der Waals surface area contributed by atoms with Crippen LogP contribution in [-0.2, 0) is 10.8 Å². The molecule has 3 aliphatic carbocycles. The quantitative estimate of drug-likeness (QED) is 0.135. The van der Waals surface area contributed by atoms with Crippen LogP contribution < -0.4 is 0 Å². The van der Waals surface area contributed by atoms with Gasteiger partial charge in [0.15, 0.2) is 16.7 Å². The number of hydrogen-bond acceptors (Lipinski definition) is 6. The van der Waals surface area contributed by atoms with Crippen molar-refractivity contribution >= 4 is 132 Å². The largest absolute Gasteiger partial charge is 0.454 e. The van der Waals surface area contributed by atoms with Gasteiger partial charge in [-0.05, 0) is 268 Å². The van der Waals surface area contributed by atoms with E-state index in [0.29, 0.717) is 0 Å². The summed E-state index contributed by atoms with van der Waals surface area (Å²) in [5.74, 6) is 0. The van der Waals surface area contributed by atoms with Crippen molar-refractivity contribution in [2.45, 2.75) is 10.8 Å². The van der Waals surface area contributed by atoms with E-state index in [0.717, 1.165) is 128 Å². The monoisotopic (exact) mass is 1860 g/mol. The Morgan fingerprint density at radius 2 is 0.500 bits per heavy atom. The molecule has 32 rings (SSSR count). The molecule has 0 bridgehead atoms. The molecule has 0 fully saturated rings. The van der Waals surface area contributed by atoms with Crippen LogP contribution in [0.4, 0.5) is 0 Å². The van der Waals surface area contributed by atoms with Gasteiger partial charge in [-0.25, -0.2) is 4.98 Å². The zero-order valence-corrected chi connectivity index (χ0v) is 78.9. The Balaban J connectivity index is 0.000000102. The van der Waals surface area contributed by atoms with Crippen molar-refractivity contribution in [2.75, 3.05) is 0 Å². The van der Waals surface area contributed by atoms with Gasteiger partial charge in [0.25, 0.3) is 0 Å². The van der Waals surface area contributed by atoms with Crippen molar-refractivity contribution in [3.8, 4) is 106 Å². The molecule has 29 aromatic rings. The maximum Gasteiger partial charge on any atom is 0.161 e. The zero-order valence-electron chi connectivity index (χ0n) is 78.9. The number of furan rings is 3. The second kappa shape index (κ2) is 32.6. The highest BCUT2D eigenvalue weighted by Gasteiger charge is 2.53. The zero-order chi connectivity index (χ0) is 95.8. The van der Waals surface area contributed by atoms with E-state index in [4.69, 9.17) is 18.2 Å². The van der Waals surface area contributed by atoms with Crippen LogP contribution in [0, 0.1) is 0 Å². The van der Waals surface area contributed by atoms with Gasteiger partial charge in [-0.3, -0.25) is 9.97 Å². The fraction of sp³-hybridized carbons (Fsp3) is 0.0146. The Morgan fingerprint density at radius 3 is 0.945 bits per heavy atom. The molecule has 0 unspecified atom stereocenters. The predicted octanol–water partition coefficient (Wildman–Crippen LogP) is 35.3. The van der Waals surface area contributed by atoms with Crippen molar-refractivity contribution < 1.29 is 13.3 Å². The third-order valence-corrected chi connectivity index (χ3v) is 31.0. The predicted molar refractivity (Wildman–Crippen MR) is 598 cm³/mol. The first-order chi connectivity index (χ1) is 72.4. The Labute approximate surface area is 839 Å². The molecule has 146 heavy (non-hydrogen) atoms. The van der Waals surface area contributed by atoms with E-state index in [1.165, 1.54) is 155 Å². The van der Waals surface area contributed by atoms with Crippen molar-refractivity contribution in [1.82, 2.24) is 28.7 Å². The average Bonchev–Trinajstić information content (AvgIpc) is 1.50. The first-order valence-corrected chi connectivity index (χ1v) is 49.9. The second-order valence-corrected chi connectivity index (χ2v) is 38.6. The normalized spacial score (nSPS) is 12.9. The second-order valence-electron chi connectivity index (χ2n) is 38.6. The molecule has 0 radical (unpaired) electrons. The first-order valence-electron chi connectivity index (χ1n) is 49.9. The smallest absolute Gasteiger partial charge is 0.161 e. The van der Waals surface area contributed by atoms with Crippen LogP contribution in [0.2, 0.25) is 0 Å². The molecule has 0 amide bonds. The Morgan fingerprint density at radius 1 is 0.178 bits per heavy atom. The average molecular weight is 1860 g/mol. The highest BCUT2D eigenvalue weighted by Crippen LogP contribution is 2.65. The summed E-state index contributed by atoms with van der Waals surface area (Å²) in [7, 11) is 0. The molecule has 9 nitrogen and oxygen atoms in total. The molecule has 0 aliphatic heterocycles. The molecule has 0 N–H and O–H groups in total. The van der Waals surface area contributed by atoms with E-state index >= 15 is 0 Å². The molecular weight excluding hydrogens is 1780 g/mol. The van der Waals surface area contributed by atoms with Gasteiger partial charge < -0.3 is 27.0 Å². The highest BCUT2D eigenvalue weighted by atomic mass is 16.3. The van der Waals surface area contributed by atoms with Crippen LogP contribution in [-0.4, -0.2) is 28.7 Å². The first kappa shape index (κ1) is 82.5. The number of pyridine rings is 3. The lowest BCUT2D eigenvalue weighted by molar-refractivity contribution is 0.668. The van der Waals surface area contributed by atoms with Crippen LogP contribution >= 0.6 is 0 Å². The van der Waals surface area contributed by atoms with Crippen LogP contribution in [0.25, 0.3) is 238 Å². The molecule has 3 aliphatic rings. The molecule has 9 heteroatoms. The summed E-state index contributed by atoms with van der Waals surface area (Å²) in [5.41, 5.74) is 46.4. The maximum atomic E-state index is 6.53. The van der Waals surface area contributed by atoms with Gasteiger partial charge in [0.1, 0.15) is 33.3 Å². The van der Waals surface area contributed by atoms with E-state index in [-0.39, 0.29) is 0 Å². The number of hydrogen-bond donors (Lipinski definition) is 0. The summed E-state index contributed by atoms with van der Waals surface area (Å²) in [6.07, 6.45) is 3.67. The van der Waals surface area contributed by atoms with E-state index in [1.807, 2.05) is 48.8 Å². The lowest BCUT2D eigenvalue weighted by Crippen LogP contribution is -2.28. The molecule has 9 aromatic heterocycles. The standard InChI is InChI=1S/C48H28N2O.C48H30N2O.C41H26N2O/c1-5-14-39-32(10-1)33-11-2-6-15-40(33)48(39)41-27-30(29-20-24-45-38(26-29)47-46(51-45)18-9-25-49-47)19-22-34(41)35-23-21-31(28-42(35)48)50-43-16-7-3-12-36(43)37-13-4-8-17-44(37)50;1-3-12-33(13-4-1)48(34-14-5-2-6-15-34)41-29-32(31-22-26-45-40(28-31)47-46(51-45)20-11-27-49-47)21-24-36(41)37-25-23-35(30-42(37)48)50-43-18-9-7-16-38(43)39-17-8-10-19-44(39)50;1-3-12-27(13-4-1)34-26-36(28-14-5-2-6-15-28)42-40-35-25-30(22-23-39(35)44-41(34)40)29-16-11-17-31(24-29)43-37-20-9-7-18-32(37)33-19-8-10-21-38(33)43/h1-28H;1-30H;1-26H. The minimum atomic E-state index is -0.550. The molecule has 680 valence electrons. The lowest BCUT2D eigenvalue weighted by atomic mass is 9.67. The molecule has 9 heterocycles. The Hall–Kier alpha value is -19.4. The van der Waals surface area contributed by atoms with Gasteiger partial charge >= 0.3 is 0 Å². The van der Waals surface area contributed by atoms with Gasteiger partial charge in [0.2, 0.25) is 0 Å². The molecule has 0 atom stereocenters. The molecular formula is C137H84N6O3. The minimum absolute atomic E-state index is 0.476. The van der Waals surface area contributed by atoms with Gasteiger partial charge in [-0.15, -0.1) is 0 Å². The summed E-state index contributed by atoms with van der Waals surface area (Å²) in [6, 6.07) is 180. The van der Waals surface area contributed by atoms with E-state index in [1.54, 1.807) is 0 Å². The molecule has 0 saturated heterocycles. The number of para-hydroxylation sites is 6. The number of rotatable bonds is 10. The topological polar surface area (TPSA) is 92.9 Å². The fourth-order valence-electron chi connectivity index (χ4n) is 24.7. The van der Waals surface area contributed by atoms with Crippen molar-refractivity contribution in [3.05, 3.63) is 554 Å². The van der Waals surface area contributed by atoms with E-state index in [9.17, 15) is 0 Å². The Kier molecular flexibility index (Phi) is 18.4. The Bertz CT molecular complexity index is 9870. The summed E-state index contributed by atoms with van der Waals surface area (Å²) >= 11 is 0.